The van der Waals surface area contributed by atoms with Crippen molar-refractivity contribution in [3.8, 4) is 5.69 Å². The first-order chi connectivity index (χ1) is 11.7. The largest absolute Gasteiger partial charge is 0.352 e. The Balaban J connectivity index is 1.61. The van der Waals surface area contributed by atoms with Crippen molar-refractivity contribution in [2.24, 2.45) is 0 Å². The number of benzene rings is 2. The molecule has 0 unspecified atom stereocenters. The van der Waals surface area contributed by atoms with Gasteiger partial charge in [-0.15, -0.1) is 0 Å². The van der Waals surface area contributed by atoms with Gasteiger partial charge in [0, 0.05) is 40.9 Å². The van der Waals surface area contributed by atoms with Crippen molar-refractivity contribution in [2.45, 2.75) is 6.23 Å². The molecule has 2 heterocycles. The van der Waals surface area contributed by atoms with Gasteiger partial charge in [-0.3, -0.25) is 0 Å². The van der Waals surface area contributed by atoms with E-state index in [-0.39, 0.29) is 12.0 Å². The van der Waals surface area contributed by atoms with Gasteiger partial charge in [0.15, 0.2) is 6.23 Å². The number of ether oxygens (including phenoxy) is 1. The minimum atomic E-state index is -0.232. The lowest BCUT2D eigenvalue weighted by atomic mass is 10.2. The SMILES string of the molecule is Fc1ccc(N2CCO[C@@H]2c2ccn(-c3ccc(Cl)cc3)c2)cc1. The second kappa shape index (κ2) is 6.30. The van der Waals surface area contributed by atoms with Gasteiger partial charge in [-0.2, -0.15) is 0 Å². The average molecular weight is 343 g/mol. The van der Waals surface area contributed by atoms with Crippen LogP contribution in [-0.4, -0.2) is 17.7 Å². The van der Waals surface area contributed by atoms with Gasteiger partial charge in [0.25, 0.3) is 0 Å². The van der Waals surface area contributed by atoms with Crippen LogP contribution in [0.4, 0.5) is 10.1 Å². The summed E-state index contributed by atoms with van der Waals surface area (Å²) in [5.74, 6) is -0.232. The van der Waals surface area contributed by atoms with Crippen LogP contribution in [0.1, 0.15) is 11.8 Å². The number of halogens is 2. The van der Waals surface area contributed by atoms with Gasteiger partial charge in [-0.25, -0.2) is 4.39 Å². The first-order valence-electron chi connectivity index (χ1n) is 7.78. The molecule has 0 bridgehead atoms. The molecule has 0 aliphatic carbocycles. The minimum Gasteiger partial charge on any atom is -0.352 e. The predicted octanol–water partition coefficient (Wildman–Crippen LogP) is 4.81. The van der Waals surface area contributed by atoms with Gasteiger partial charge in [0.05, 0.1) is 6.61 Å². The zero-order chi connectivity index (χ0) is 16.5. The van der Waals surface area contributed by atoms with Crippen LogP contribution in [-0.2, 0) is 4.74 Å². The van der Waals surface area contributed by atoms with Gasteiger partial charge in [0.2, 0.25) is 0 Å². The Morgan fingerprint density at radius 1 is 0.958 bits per heavy atom. The second-order valence-corrected chi connectivity index (χ2v) is 6.16. The summed E-state index contributed by atoms with van der Waals surface area (Å²) < 4.78 is 21.1. The Morgan fingerprint density at radius 2 is 1.67 bits per heavy atom. The number of nitrogens with zero attached hydrogens (tertiary/aromatic N) is 2. The van der Waals surface area contributed by atoms with Crippen molar-refractivity contribution in [3.05, 3.63) is 83.4 Å². The molecule has 24 heavy (non-hydrogen) atoms. The van der Waals surface area contributed by atoms with E-state index in [2.05, 4.69) is 11.1 Å². The molecule has 0 amide bonds. The molecule has 0 N–H and O–H groups in total. The first kappa shape index (κ1) is 15.2. The van der Waals surface area contributed by atoms with E-state index < -0.39 is 0 Å². The summed E-state index contributed by atoms with van der Waals surface area (Å²) in [5, 5.41) is 0.716. The Labute approximate surface area is 144 Å². The first-order valence-corrected chi connectivity index (χ1v) is 8.16. The van der Waals surface area contributed by atoms with Gasteiger partial charge >= 0.3 is 0 Å². The second-order valence-electron chi connectivity index (χ2n) is 5.72. The molecule has 1 fully saturated rings. The highest BCUT2D eigenvalue weighted by atomic mass is 35.5. The predicted molar refractivity (Wildman–Crippen MR) is 93.2 cm³/mol. The fourth-order valence-corrected chi connectivity index (χ4v) is 3.10. The van der Waals surface area contributed by atoms with Crippen LogP contribution in [0.15, 0.2) is 67.0 Å². The fourth-order valence-electron chi connectivity index (χ4n) is 2.98. The third kappa shape index (κ3) is 2.90. The van der Waals surface area contributed by atoms with Crippen molar-refractivity contribution in [2.75, 3.05) is 18.1 Å². The number of aromatic nitrogens is 1. The Hall–Kier alpha value is -2.30. The van der Waals surface area contributed by atoms with E-state index in [1.165, 1.54) is 12.1 Å². The number of hydrogen-bond acceptors (Lipinski definition) is 2. The van der Waals surface area contributed by atoms with E-state index in [0.29, 0.717) is 11.6 Å². The molecule has 0 radical (unpaired) electrons. The normalized spacial score (nSPS) is 17.4. The summed E-state index contributed by atoms with van der Waals surface area (Å²) in [7, 11) is 0. The van der Waals surface area contributed by atoms with Crippen molar-refractivity contribution < 1.29 is 9.13 Å². The molecule has 0 spiro atoms. The molecule has 3 aromatic rings. The molecule has 1 aliphatic rings. The molecule has 5 heteroatoms. The van der Waals surface area contributed by atoms with Crippen molar-refractivity contribution in [3.63, 3.8) is 0 Å². The molecular weight excluding hydrogens is 327 g/mol. The van der Waals surface area contributed by atoms with Crippen LogP contribution in [0.2, 0.25) is 5.02 Å². The molecule has 1 atom stereocenters. The van der Waals surface area contributed by atoms with Crippen LogP contribution in [0.3, 0.4) is 0 Å². The van der Waals surface area contributed by atoms with Crippen LogP contribution in [0.5, 0.6) is 0 Å². The zero-order valence-electron chi connectivity index (χ0n) is 12.9. The molecule has 4 rings (SSSR count). The number of rotatable bonds is 3. The maximum atomic E-state index is 13.2. The lowest BCUT2D eigenvalue weighted by Gasteiger charge is -2.24. The smallest absolute Gasteiger partial charge is 0.158 e. The molecule has 2 aromatic carbocycles. The lowest BCUT2D eigenvalue weighted by Crippen LogP contribution is -2.22. The van der Waals surface area contributed by atoms with E-state index in [0.717, 1.165) is 23.5 Å². The molecule has 1 aromatic heterocycles. The lowest BCUT2D eigenvalue weighted by molar-refractivity contribution is 0.114. The maximum Gasteiger partial charge on any atom is 0.158 e. The summed E-state index contributed by atoms with van der Waals surface area (Å²) in [6, 6.07) is 16.2. The van der Waals surface area contributed by atoms with Crippen molar-refractivity contribution >= 4 is 17.3 Å². The van der Waals surface area contributed by atoms with E-state index >= 15 is 0 Å². The highest BCUT2D eigenvalue weighted by Crippen LogP contribution is 2.32. The number of hydrogen-bond donors (Lipinski definition) is 0. The Bertz CT molecular complexity index is 829. The van der Waals surface area contributed by atoms with E-state index in [1.54, 1.807) is 12.1 Å². The van der Waals surface area contributed by atoms with Gasteiger partial charge in [-0.05, 0) is 54.6 Å². The Morgan fingerprint density at radius 3 is 2.42 bits per heavy atom. The van der Waals surface area contributed by atoms with Crippen molar-refractivity contribution in [1.82, 2.24) is 4.57 Å². The van der Waals surface area contributed by atoms with Crippen molar-refractivity contribution in [1.29, 1.82) is 0 Å². The highest BCUT2D eigenvalue weighted by molar-refractivity contribution is 6.30. The van der Waals surface area contributed by atoms with Gasteiger partial charge in [0.1, 0.15) is 5.82 Å². The molecular formula is C19H16ClFN2O. The fraction of sp³-hybridized carbons (Fsp3) is 0.158. The molecule has 0 saturated carbocycles. The quantitative estimate of drug-likeness (QED) is 0.680. The summed E-state index contributed by atoms with van der Waals surface area (Å²) in [5.41, 5.74) is 3.06. The van der Waals surface area contributed by atoms with Crippen LogP contribution < -0.4 is 4.90 Å². The Kier molecular flexibility index (Phi) is 4.00. The zero-order valence-corrected chi connectivity index (χ0v) is 13.7. The molecule has 3 nitrogen and oxygen atoms in total. The number of anilines is 1. The summed E-state index contributed by atoms with van der Waals surface area (Å²) in [6.45, 7) is 1.43. The maximum absolute atomic E-state index is 13.2. The summed E-state index contributed by atoms with van der Waals surface area (Å²) in [4.78, 5) is 2.14. The van der Waals surface area contributed by atoms with E-state index in [9.17, 15) is 4.39 Å². The summed E-state index contributed by atoms with van der Waals surface area (Å²) >= 11 is 5.94. The minimum absolute atomic E-state index is 0.163. The average Bonchev–Trinajstić information content (AvgIpc) is 3.25. The topological polar surface area (TPSA) is 17.4 Å². The molecule has 1 aliphatic heterocycles. The van der Waals surface area contributed by atoms with Crippen LogP contribution in [0, 0.1) is 5.82 Å². The van der Waals surface area contributed by atoms with E-state index in [1.807, 2.05) is 41.1 Å². The molecule has 122 valence electrons. The standard InChI is InChI=1S/C19H16ClFN2O/c20-15-1-5-17(6-2-15)22-10-9-14(13-22)19-23(11-12-24-19)18-7-3-16(21)4-8-18/h1-10,13,19H,11-12H2/t19-/m1/s1. The molecule has 1 saturated heterocycles. The van der Waals surface area contributed by atoms with Crippen LogP contribution in [0.25, 0.3) is 5.69 Å². The summed E-state index contributed by atoms with van der Waals surface area (Å²) in [6.07, 6.45) is 3.89. The van der Waals surface area contributed by atoms with Gasteiger partial charge < -0.3 is 14.2 Å². The third-order valence-corrected chi connectivity index (χ3v) is 4.43. The highest BCUT2D eigenvalue weighted by Gasteiger charge is 2.27. The van der Waals surface area contributed by atoms with Gasteiger partial charge in [-0.1, -0.05) is 11.6 Å². The van der Waals surface area contributed by atoms with E-state index in [4.69, 9.17) is 16.3 Å². The third-order valence-electron chi connectivity index (χ3n) is 4.17. The monoisotopic (exact) mass is 342 g/mol. The van der Waals surface area contributed by atoms with Crippen LogP contribution >= 0.6 is 11.6 Å².